The quantitative estimate of drug-likeness (QED) is 0.694. The number of hydrogen-bond donors (Lipinski definition) is 0. The number of ether oxygens (including phenoxy) is 1. The van der Waals surface area contributed by atoms with Crippen molar-refractivity contribution in [1.29, 1.82) is 0 Å². The fourth-order valence-corrected chi connectivity index (χ4v) is 2.45. The molecule has 0 fully saturated rings. The number of aryl methyl sites for hydroxylation is 2. The Morgan fingerprint density at radius 2 is 2.09 bits per heavy atom. The molecule has 0 aliphatic carbocycles. The van der Waals surface area contributed by atoms with Crippen LogP contribution in [0.2, 0.25) is 0 Å². The highest BCUT2D eigenvalue weighted by molar-refractivity contribution is 5.86. The molecule has 118 valence electrons. The molecule has 0 aliphatic rings. The van der Waals surface area contributed by atoms with Crippen LogP contribution in [-0.4, -0.2) is 22.6 Å². The van der Waals surface area contributed by atoms with E-state index in [9.17, 15) is 9.59 Å². The van der Waals surface area contributed by atoms with Gasteiger partial charge in [-0.15, -0.1) is 0 Å². The van der Waals surface area contributed by atoms with Crippen LogP contribution in [0.15, 0.2) is 39.8 Å². The maximum atomic E-state index is 12.6. The van der Waals surface area contributed by atoms with E-state index in [2.05, 4.69) is 9.72 Å². The predicted octanol–water partition coefficient (Wildman–Crippen LogP) is 2.44. The van der Waals surface area contributed by atoms with Gasteiger partial charge in [0.2, 0.25) is 5.76 Å². The molecular formula is C17H16N2O4. The summed E-state index contributed by atoms with van der Waals surface area (Å²) in [5.74, 6) is 0.151. The number of benzene rings is 1. The van der Waals surface area contributed by atoms with Crippen LogP contribution in [0.4, 0.5) is 0 Å². The normalized spacial score (nSPS) is 10.9. The fraction of sp³-hybridized carbons (Fsp3) is 0.235. The molecule has 0 bridgehead atoms. The summed E-state index contributed by atoms with van der Waals surface area (Å²) in [5, 5.41) is 0.571. The first-order valence-electron chi connectivity index (χ1n) is 7.13. The number of hydrogen-bond acceptors (Lipinski definition) is 5. The van der Waals surface area contributed by atoms with E-state index in [1.54, 1.807) is 13.0 Å². The van der Waals surface area contributed by atoms with Gasteiger partial charge in [0.05, 0.1) is 30.9 Å². The number of carbonyl (C=O) groups is 1. The van der Waals surface area contributed by atoms with Crippen molar-refractivity contribution in [3.05, 3.63) is 63.6 Å². The number of rotatable bonds is 3. The van der Waals surface area contributed by atoms with Gasteiger partial charge >= 0.3 is 5.97 Å². The minimum atomic E-state index is -0.543. The lowest BCUT2D eigenvalue weighted by molar-refractivity contribution is 0.0563. The van der Waals surface area contributed by atoms with Gasteiger partial charge in [0.15, 0.2) is 0 Å². The van der Waals surface area contributed by atoms with Crippen LogP contribution in [0.1, 0.15) is 27.4 Å². The zero-order chi connectivity index (χ0) is 16.6. The van der Waals surface area contributed by atoms with Crippen LogP contribution < -0.4 is 5.56 Å². The van der Waals surface area contributed by atoms with E-state index >= 15 is 0 Å². The summed E-state index contributed by atoms with van der Waals surface area (Å²) in [4.78, 5) is 28.4. The van der Waals surface area contributed by atoms with Gasteiger partial charge in [-0.2, -0.15) is 0 Å². The minimum Gasteiger partial charge on any atom is -0.463 e. The molecule has 0 N–H and O–H groups in total. The van der Waals surface area contributed by atoms with Crippen LogP contribution in [0.3, 0.4) is 0 Å². The van der Waals surface area contributed by atoms with Gasteiger partial charge in [-0.3, -0.25) is 9.36 Å². The summed E-state index contributed by atoms with van der Waals surface area (Å²) < 4.78 is 11.5. The summed E-state index contributed by atoms with van der Waals surface area (Å²) in [5.41, 5.74) is 2.28. The maximum Gasteiger partial charge on any atom is 0.373 e. The van der Waals surface area contributed by atoms with E-state index in [-0.39, 0.29) is 17.9 Å². The smallest absolute Gasteiger partial charge is 0.373 e. The number of esters is 1. The van der Waals surface area contributed by atoms with E-state index in [0.29, 0.717) is 16.7 Å². The number of methoxy groups -OCH3 is 1. The Morgan fingerprint density at radius 3 is 2.83 bits per heavy atom. The minimum absolute atomic E-state index is 0.123. The van der Waals surface area contributed by atoms with Crippen molar-refractivity contribution in [2.45, 2.75) is 20.4 Å². The molecule has 1 aromatic carbocycles. The lowest BCUT2D eigenvalue weighted by atomic mass is 10.1. The average molecular weight is 312 g/mol. The van der Waals surface area contributed by atoms with Gasteiger partial charge in [0.25, 0.3) is 5.56 Å². The molecule has 3 aromatic rings. The van der Waals surface area contributed by atoms with Gasteiger partial charge in [-0.25, -0.2) is 9.78 Å². The molecule has 6 nitrogen and oxygen atoms in total. The first kappa shape index (κ1) is 15.0. The van der Waals surface area contributed by atoms with Crippen LogP contribution in [0.25, 0.3) is 10.9 Å². The van der Waals surface area contributed by atoms with Gasteiger partial charge in [0, 0.05) is 5.56 Å². The number of furan rings is 1. The van der Waals surface area contributed by atoms with Crippen molar-refractivity contribution in [2.75, 3.05) is 7.11 Å². The molecule has 2 heterocycles. The molecule has 0 radical (unpaired) electrons. The lowest BCUT2D eigenvalue weighted by Crippen LogP contribution is -2.21. The second-order valence-corrected chi connectivity index (χ2v) is 5.38. The Labute approximate surface area is 132 Å². The third-order valence-electron chi connectivity index (χ3n) is 3.73. The Morgan fingerprint density at radius 1 is 1.30 bits per heavy atom. The molecule has 6 heteroatoms. The maximum absolute atomic E-state index is 12.6. The Hall–Kier alpha value is -2.89. The largest absolute Gasteiger partial charge is 0.463 e. The number of nitrogens with zero attached hydrogens (tertiary/aromatic N) is 2. The predicted molar refractivity (Wildman–Crippen MR) is 84.6 cm³/mol. The summed E-state index contributed by atoms with van der Waals surface area (Å²) in [6.45, 7) is 3.95. The highest BCUT2D eigenvalue weighted by atomic mass is 16.5. The molecule has 0 spiro atoms. The Kier molecular flexibility index (Phi) is 3.73. The molecule has 0 atom stereocenters. The molecule has 0 saturated heterocycles. The van der Waals surface area contributed by atoms with Gasteiger partial charge in [0.1, 0.15) is 5.76 Å². The lowest BCUT2D eigenvalue weighted by Gasteiger charge is -2.06. The first-order valence-corrected chi connectivity index (χ1v) is 7.13. The van der Waals surface area contributed by atoms with E-state index in [0.717, 1.165) is 11.1 Å². The third kappa shape index (κ3) is 2.75. The Bertz CT molecular complexity index is 953. The average Bonchev–Trinajstić information content (AvgIpc) is 2.91. The summed E-state index contributed by atoms with van der Waals surface area (Å²) >= 11 is 0. The van der Waals surface area contributed by atoms with Crippen molar-refractivity contribution in [2.24, 2.45) is 0 Å². The van der Waals surface area contributed by atoms with E-state index in [1.165, 1.54) is 18.0 Å². The summed E-state index contributed by atoms with van der Waals surface area (Å²) in [6.07, 6.45) is 1.50. The Balaban J connectivity index is 2.02. The zero-order valence-electron chi connectivity index (χ0n) is 13.1. The third-order valence-corrected chi connectivity index (χ3v) is 3.73. The molecule has 0 aliphatic heterocycles. The first-order chi connectivity index (χ1) is 11.0. The van der Waals surface area contributed by atoms with Crippen molar-refractivity contribution in [1.82, 2.24) is 9.55 Å². The highest BCUT2D eigenvalue weighted by Crippen LogP contribution is 2.17. The number of carbonyl (C=O) groups excluding carboxylic acids is 1. The number of aromatic nitrogens is 2. The molecule has 2 aromatic heterocycles. The fourth-order valence-electron chi connectivity index (χ4n) is 2.45. The van der Waals surface area contributed by atoms with Crippen LogP contribution in [-0.2, 0) is 11.3 Å². The van der Waals surface area contributed by atoms with Gasteiger partial charge in [-0.1, -0.05) is 11.6 Å². The van der Waals surface area contributed by atoms with Crippen molar-refractivity contribution < 1.29 is 13.9 Å². The highest BCUT2D eigenvalue weighted by Gasteiger charge is 2.15. The second kappa shape index (κ2) is 5.72. The van der Waals surface area contributed by atoms with Crippen molar-refractivity contribution >= 4 is 16.9 Å². The molecule has 0 unspecified atom stereocenters. The van der Waals surface area contributed by atoms with E-state index in [1.807, 2.05) is 25.1 Å². The van der Waals surface area contributed by atoms with Gasteiger partial charge < -0.3 is 9.15 Å². The summed E-state index contributed by atoms with van der Waals surface area (Å²) in [7, 11) is 1.29. The molecule has 23 heavy (non-hydrogen) atoms. The molecule has 0 saturated carbocycles. The molecule has 0 amide bonds. The number of fused-ring (bicyclic) bond motifs is 1. The summed E-state index contributed by atoms with van der Waals surface area (Å²) in [6, 6.07) is 7.16. The molecule has 3 rings (SSSR count). The topological polar surface area (TPSA) is 74.3 Å². The second-order valence-electron chi connectivity index (χ2n) is 5.38. The van der Waals surface area contributed by atoms with Gasteiger partial charge in [-0.05, 0) is 32.0 Å². The monoisotopic (exact) mass is 312 g/mol. The van der Waals surface area contributed by atoms with E-state index in [4.69, 9.17) is 4.42 Å². The van der Waals surface area contributed by atoms with E-state index < -0.39 is 5.97 Å². The van der Waals surface area contributed by atoms with Crippen LogP contribution >= 0.6 is 0 Å². The van der Waals surface area contributed by atoms with Crippen LogP contribution in [0, 0.1) is 13.8 Å². The molecular weight excluding hydrogens is 296 g/mol. The van der Waals surface area contributed by atoms with Crippen LogP contribution in [0.5, 0.6) is 0 Å². The SMILES string of the molecule is COC(=O)c1cc(Cn2cnc3ccc(C)cc3c2=O)c(C)o1. The zero-order valence-corrected chi connectivity index (χ0v) is 13.1. The van der Waals surface area contributed by atoms with Crippen molar-refractivity contribution in [3.8, 4) is 0 Å². The standard InChI is InChI=1S/C17H16N2O4/c1-10-4-5-14-13(6-10)16(20)19(9-18-14)8-12-7-15(17(21)22-3)23-11(12)2/h4-7,9H,8H2,1-3H3. The van der Waals surface area contributed by atoms with Crippen molar-refractivity contribution in [3.63, 3.8) is 0 Å².